The largest absolute Gasteiger partial charge is 0.483 e. The van der Waals surface area contributed by atoms with Crippen molar-refractivity contribution >= 4 is 17.6 Å². The smallest absolute Gasteiger partial charge is 0.276 e. The zero-order valence-electron chi connectivity index (χ0n) is 16.7. The summed E-state index contributed by atoms with van der Waals surface area (Å²) in [6.07, 6.45) is 0.0624. The molecule has 0 aliphatic heterocycles. The van der Waals surface area contributed by atoms with Gasteiger partial charge in [0.1, 0.15) is 5.75 Å². The number of hydrogen-bond acceptors (Lipinski definition) is 4. The predicted molar refractivity (Wildman–Crippen MR) is 107 cm³/mol. The minimum atomic E-state index is -0.475. The first kappa shape index (κ1) is 21.2. The average molecular weight is 382 g/mol. The lowest BCUT2D eigenvalue weighted by atomic mass is 10.0. The van der Waals surface area contributed by atoms with Crippen LogP contribution in [0, 0.1) is 27.7 Å². The third-order valence-electron chi connectivity index (χ3n) is 4.51. The molecular formula is C22H26N2O4. The highest BCUT2D eigenvalue weighted by Crippen LogP contribution is 2.21. The highest BCUT2D eigenvalue weighted by atomic mass is 16.5. The number of hydrazine groups is 1. The monoisotopic (exact) mass is 382 g/mol. The summed E-state index contributed by atoms with van der Waals surface area (Å²) in [6.45, 7) is 7.50. The van der Waals surface area contributed by atoms with Crippen molar-refractivity contribution in [1.29, 1.82) is 0 Å². The van der Waals surface area contributed by atoms with Gasteiger partial charge in [-0.15, -0.1) is 0 Å². The van der Waals surface area contributed by atoms with Gasteiger partial charge in [0, 0.05) is 18.4 Å². The van der Waals surface area contributed by atoms with Crippen molar-refractivity contribution in [1.82, 2.24) is 10.9 Å². The van der Waals surface area contributed by atoms with Crippen molar-refractivity contribution in [3.63, 3.8) is 0 Å². The van der Waals surface area contributed by atoms with Gasteiger partial charge in [-0.3, -0.25) is 25.2 Å². The molecule has 0 unspecified atom stereocenters. The summed E-state index contributed by atoms with van der Waals surface area (Å²) in [5, 5.41) is 0. The highest BCUT2D eigenvalue weighted by Gasteiger charge is 2.12. The molecular weight excluding hydrogens is 356 g/mol. The van der Waals surface area contributed by atoms with Gasteiger partial charge in [0.25, 0.3) is 5.91 Å². The molecule has 2 aromatic rings. The van der Waals surface area contributed by atoms with E-state index in [0.717, 1.165) is 22.3 Å². The lowest BCUT2D eigenvalue weighted by Gasteiger charge is -2.12. The van der Waals surface area contributed by atoms with Crippen molar-refractivity contribution in [3.8, 4) is 5.75 Å². The maximum absolute atomic E-state index is 12.2. The fourth-order valence-electron chi connectivity index (χ4n) is 2.69. The Morgan fingerprint density at radius 3 is 2.07 bits per heavy atom. The molecule has 2 rings (SSSR count). The molecule has 0 aromatic heterocycles. The Bertz CT molecular complexity index is 870. The van der Waals surface area contributed by atoms with E-state index in [1.54, 1.807) is 6.07 Å². The Kier molecular flexibility index (Phi) is 7.32. The van der Waals surface area contributed by atoms with Gasteiger partial charge in [0.15, 0.2) is 12.4 Å². The molecule has 0 bridgehead atoms. The molecule has 0 radical (unpaired) electrons. The van der Waals surface area contributed by atoms with Crippen molar-refractivity contribution in [3.05, 3.63) is 64.2 Å². The number of carbonyl (C=O) groups is 3. The van der Waals surface area contributed by atoms with E-state index in [9.17, 15) is 14.4 Å². The van der Waals surface area contributed by atoms with Gasteiger partial charge in [0.05, 0.1) is 0 Å². The van der Waals surface area contributed by atoms with E-state index in [1.807, 2.05) is 58.0 Å². The Labute approximate surface area is 165 Å². The first-order valence-corrected chi connectivity index (χ1v) is 9.15. The normalized spacial score (nSPS) is 10.3. The summed E-state index contributed by atoms with van der Waals surface area (Å²) in [4.78, 5) is 35.9. The first-order valence-electron chi connectivity index (χ1n) is 9.15. The second kappa shape index (κ2) is 9.69. The summed E-state index contributed by atoms with van der Waals surface area (Å²) in [7, 11) is 0. The highest BCUT2D eigenvalue weighted by molar-refractivity contribution is 5.98. The van der Waals surface area contributed by atoms with E-state index in [2.05, 4.69) is 10.9 Å². The molecule has 0 spiro atoms. The van der Waals surface area contributed by atoms with Crippen LogP contribution in [-0.2, 0) is 9.59 Å². The number of benzene rings is 2. The Morgan fingerprint density at radius 1 is 0.786 bits per heavy atom. The number of ether oxygens (including phenoxy) is 1. The molecule has 6 heteroatoms. The quantitative estimate of drug-likeness (QED) is 0.569. The van der Waals surface area contributed by atoms with E-state index in [-0.39, 0.29) is 25.2 Å². The maximum atomic E-state index is 12.2. The van der Waals surface area contributed by atoms with Crippen LogP contribution >= 0.6 is 0 Å². The van der Waals surface area contributed by atoms with Crippen LogP contribution in [0.1, 0.15) is 45.5 Å². The molecule has 0 saturated heterocycles. The van der Waals surface area contributed by atoms with Gasteiger partial charge in [-0.2, -0.15) is 0 Å². The van der Waals surface area contributed by atoms with E-state index in [4.69, 9.17) is 4.74 Å². The van der Waals surface area contributed by atoms with Crippen LogP contribution in [0.3, 0.4) is 0 Å². The summed E-state index contributed by atoms with van der Waals surface area (Å²) in [5.41, 5.74) is 9.20. The third kappa shape index (κ3) is 5.94. The molecule has 0 aliphatic carbocycles. The molecule has 0 atom stereocenters. The summed E-state index contributed by atoms with van der Waals surface area (Å²) in [5.74, 6) is -0.361. The predicted octanol–water partition coefficient (Wildman–Crippen LogP) is 3.11. The van der Waals surface area contributed by atoms with Crippen molar-refractivity contribution in [2.75, 3.05) is 6.61 Å². The fraction of sp³-hybridized carbons (Fsp3) is 0.318. The SMILES string of the molecule is Cc1ccc(C(=O)CCC(=O)NNC(=O)COc2c(C)cccc2C)cc1C. The van der Waals surface area contributed by atoms with Crippen molar-refractivity contribution < 1.29 is 19.1 Å². The summed E-state index contributed by atoms with van der Waals surface area (Å²) < 4.78 is 5.52. The molecule has 2 aromatic carbocycles. The van der Waals surface area contributed by atoms with Gasteiger partial charge in [-0.25, -0.2) is 0 Å². The number of nitrogens with one attached hydrogen (secondary N) is 2. The van der Waals surface area contributed by atoms with Crippen LogP contribution in [0.5, 0.6) is 5.75 Å². The topological polar surface area (TPSA) is 84.5 Å². The van der Waals surface area contributed by atoms with Gasteiger partial charge in [-0.1, -0.05) is 30.3 Å². The van der Waals surface area contributed by atoms with Crippen LogP contribution in [-0.4, -0.2) is 24.2 Å². The van der Waals surface area contributed by atoms with Gasteiger partial charge < -0.3 is 4.74 Å². The molecule has 0 fully saturated rings. The van der Waals surface area contributed by atoms with Crippen LogP contribution in [0.2, 0.25) is 0 Å². The molecule has 28 heavy (non-hydrogen) atoms. The molecule has 0 heterocycles. The minimum Gasteiger partial charge on any atom is -0.483 e. The fourth-order valence-corrected chi connectivity index (χ4v) is 2.69. The van der Waals surface area contributed by atoms with Crippen molar-refractivity contribution in [2.24, 2.45) is 0 Å². The van der Waals surface area contributed by atoms with Crippen LogP contribution in [0.4, 0.5) is 0 Å². The van der Waals surface area contributed by atoms with E-state index >= 15 is 0 Å². The lowest BCUT2D eigenvalue weighted by Crippen LogP contribution is -2.43. The van der Waals surface area contributed by atoms with Crippen LogP contribution in [0.25, 0.3) is 0 Å². The molecule has 2 amide bonds. The van der Waals surface area contributed by atoms with Crippen LogP contribution in [0.15, 0.2) is 36.4 Å². The Hall–Kier alpha value is -3.15. The second-order valence-electron chi connectivity index (χ2n) is 6.83. The number of para-hydroxylation sites is 1. The minimum absolute atomic E-state index is 0.0101. The van der Waals surface area contributed by atoms with Gasteiger partial charge in [0.2, 0.25) is 5.91 Å². The third-order valence-corrected chi connectivity index (χ3v) is 4.51. The lowest BCUT2D eigenvalue weighted by molar-refractivity contribution is -0.130. The molecule has 2 N–H and O–H groups in total. The number of rotatable bonds is 7. The van der Waals surface area contributed by atoms with Gasteiger partial charge >= 0.3 is 0 Å². The van der Waals surface area contributed by atoms with Gasteiger partial charge in [-0.05, 0) is 56.0 Å². The zero-order valence-corrected chi connectivity index (χ0v) is 16.7. The van der Waals surface area contributed by atoms with E-state index in [1.165, 1.54) is 0 Å². The number of carbonyl (C=O) groups excluding carboxylic acids is 3. The molecule has 0 aliphatic rings. The number of hydrogen-bond donors (Lipinski definition) is 2. The maximum Gasteiger partial charge on any atom is 0.276 e. The number of amides is 2. The average Bonchev–Trinajstić information content (AvgIpc) is 2.66. The number of aryl methyl sites for hydroxylation is 4. The summed E-state index contributed by atoms with van der Waals surface area (Å²) >= 11 is 0. The molecule has 148 valence electrons. The standard InChI is InChI=1S/C22H26N2O4/c1-14-8-9-18(12-17(14)4)19(25)10-11-20(26)23-24-21(27)13-28-22-15(2)6-5-7-16(22)3/h5-9,12H,10-11,13H2,1-4H3,(H,23,26)(H,24,27). The number of ketones is 1. The molecule has 6 nitrogen and oxygen atoms in total. The van der Waals surface area contributed by atoms with Crippen molar-refractivity contribution in [2.45, 2.75) is 40.5 Å². The first-order chi connectivity index (χ1) is 13.3. The Balaban J connectivity index is 1.73. The molecule has 0 saturated carbocycles. The number of Topliss-reactive ketones (excluding diaryl/α,β-unsaturated/α-hetero) is 1. The van der Waals surface area contributed by atoms with Crippen LogP contribution < -0.4 is 15.6 Å². The Morgan fingerprint density at radius 2 is 1.43 bits per heavy atom. The summed E-state index contributed by atoms with van der Waals surface area (Å²) in [6, 6.07) is 11.2. The van der Waals surface area contributed by atoms with E-state index < -0.39 is 11.8 Å². The second-order valence-corrected chi connectivity index (χ2v) is 6.83. The van der Waals surface area contributed by atoms with E-state index in [0.29, 0.717) is 11.3 Å². The zero-order chi connectivity index (χ0) is 20.7.